The molecule has 3 nitrogen and oxygen atoms in total. The minimum atomic E-state index is 0. The molecule has 0 bridgehead atoms. The maximum absolute atomic E-state index is 4.94. The number of nitrogens with zero attached hydrogens (tertiary/aromatic N) is 1. The molecule has 1 radical (unpaired) electrons. The van der Waals surface area contributed by atoms with Gasteiger partial charge in [0.2, 0.25) is 0 Å². The third-order valence-corrected chi connectivity index (χ3v) is 2.38. The van der Waals surface area contributed by atoms with Crippen molar-refractivity contribution in [1.82, 2.24) is 0 Å². The van der Waals surface area contributed by atoms with E-state index in [0.29, 0.717) is 5.76 Å². The van der Waals surface area contributed by atoms with E-state index in [1.807, 2.05) is 0 Å². The molecule has 0 aromatic heterocycles. The summed E-state index contributed by atoms with van der Waals surface area (Å²) in [5, 5.41) is 0. The van der Waals surface area contributed by atoms with Gasteiger partial charge in [-0.2, -0.15) is 0 Å². The SMILES string of the molecule is C=C/C=C(\C=C)OO[N-]C1CCCCC1.[Y]. The van der Waals surface area contributed by atoms with Crippen molar-refractivity contribution in [2.45, 2.75) is 38.1 Å². The monoisotopic (exact) mass is 297 g/mol. The average molecular weight is 297 g/mol. The van der Waals surface area contributed by atoms with E-state index in [0.717, 1.165) is 12.8 Å². The first-order valence-corrected chi connectivity index (χ1v) is 5.36. The molecular formula is C12H18NO2Y-. The van der Waals surface area contributed by atoms with Crippen LogP contribution in [0, 0.1) is 0 Å². The molecule has 0 saturated heterocycles. The van der Waals surface area contributed by atoms with Gasteiger partial charge >= 0.3 is 0 Å². The van der Waals surface area contributed by atoms with E-state index in [2.05, 4.69) is 18.6 Å². The molecule has 0 atom stereocenters. The summed E-state index contributed by atoms with van der Waals surface area (Å²) in [5.41, 5.74) is 4.01. The zero-order valence-corrected chi connectivity index (χ0v) is 12.4. The summed E-state index contributed by atoms with van der Waals surface area (Å²) in [6, 6.07) is 0.286. The number of hydrogen-bond acceptors (Lipinski definition) is 2. The smallest absolute Gasteiger partial charge is 0.162 e. The zero-order chi connectivity index (χ0) is 10.9. The van der Waals surface area contributed by atoms with Crippen LogP contribution in [0.3, 0.4) is 0 Å². The fraction of sp³-hybridized carbons (Fsp3) is 0.500. The van der Waals surface area contributed by atoms with E-state index < -0.39 is 0 Å². The quantitative estimate of drug-likeness (QED) is 0.323. The van der Waals surface area contributed by atoms with Gasteiger partial charge in [0.05, 0.1) is 0 Å². The standard InChI is InChI=1S/C12H18NO2.Y/c1-3-8-12(4-2)14-15-13-11-9-6-5-7-10-11;/h3-4,8,11H,1-2,5-7,9-10H2;/q-1;/b12-8+;. The van der Waals surface area contributed by atoms with E-state index in [4.69, 9.17) is 9.88 Å². The molecule has 87 valence electrons. The predicted octanol–water partition coefficient (Wildman–Crippen LogP) is 3.81. The average Bonchev–Trinajstić information content (AvgIpc) is 2.29. The van der Waals surface area contributed by atoms with Gasteiger partial charge in [-0.15, -0.1) is 6.04 Å². The molecule has 0 heterocycles. The van der Waals surface area contributed by atoms with E-state index in [1.165, 1.54) is 19.3 Å². The summed E-state index contributed by atoms with van der Waals surface area (Å²) in [6.45, 7) is 7.14. The Labute approximate surface area is 123 Å². The summed E-state index contributed by atoms with van der Waals surface area (Å²) in [4.78, 5) is 9.76. The Morgan fingerprint density at radius 3 is 2.44 bits per heavy atom. The van der Waals surface area contributed by atoms with Crippen LogP contribution in [-0.4, -0.2) is 6.04 Å². The van der Waals surface area contributed by atoms with Crippen LogP contribution in [0.4, 0.5) is 0 Å². The van der Waals surface area contributed by atoms with Crippen LogP contribution in [0.1, 0.15) is 32.1 Å². The Hall–Kier alpha value is 0.0439. The van der Waals surface area contributed by atoms with Gasteiger partial charge in [0, 0.05) is 32.7 Å². The van der Waals surface area contributed by atoms with Crippen molar-refractivity contribution in [2.75, 3.05) is 0 Å². The summed E-state index contributed by atoms with van der Waals surface area (Å²) in [5.74, 6) is 0.518. The molecule has 0 amide bonds. The largest absolute Gasteiger partial charge is 0.486 e. The van der Waals surface area contributed by atoms with Gasteiger partial charge in [-0.1, -0.05) is 51.3 Å². The van der Waals surface area contributed by atoms with Gasteiger partial charge in [-0.25, -0.2) is 0 Å². The number of rotatable bonds is 6. The molecule has 1 rings (SSSR count). The summed E-state index contributed by atoms with van der Waals surface area (Å²) < 4.78 is 0. The van der Waals surface area contributed by atoms with Crippen molar-refractivity contribution >= 4 is 0 Å². The molecule has 1 fully saturated rings. The zero-order valence-electron chi connectivity index (χ0n) is 9.60. The molecule has 1 aliphatic rings. The molecule has 4 heteroatoms. The number of allylic oxidation sites excluding steroid dienone is 3. The second-order valence-corrected chi connectivity index (χ2v) is 3.56. The molecule has 0 aliphatic heterocycles. The maximum atomic E-state index is 4.94. The Bertz CT molecular complexity index is 235. The van der Waals surface area contributed by atoms with Crippen molar-refractivity contribution in [1.29, 1.82) is 0 Å². The van der Waals surface area contributed by atoms with Crippen LogP contribution < -0.4 is 0 Å². The topological polar surface area (TPSA) is 32.6 Å². The van der Waals surface area contributed by atoms with Crippen LogP contribution in [0.5, 0.6) is 0 Å². The van der Waals surface area contributed by atoms with Gasteiger partial charge in [0.25, 0.3) is 0 Å². The van der Waals surface area contributed by atoms with Crippen LogP contribution >= 0.6 is 0 Å². The third-order valence-electron chi connectivity index (χ3n) is 2.38. The van der Waals surface area contributed by atoms with Crippen molar-refractivity contribution in [3.05, 3.63) is 42.6 Å². The fourth-order valence-electron chi connectivity index (χ4n) is 1.56. The van der Waals surface area contributed by atoms with Gasteiger partial charge in [-0.05, 0) is 12.2 Å². The van der Waals surface area contributed by atoms with Crippen LogP contribution in [0.15, 0.2) is 37.1 Å². The maximum Gasteiger partial charge on any atom is 0.162 e. The fourth-order valence-corrected chi connectivity index (χ4v) is 1.56. The second kappa shape index (κ2) is 10.2. The van der Waals surface area contributed by atoms with E-state index in [-0.39, 0.29) is 38.8 Å². The molecular weight excluding hydrogens is 279 g/mol. The summed E-state index contributed by atoms with van der Waals surface area (Å²) in [6.07, 6.45) is 10.8. The van der Waals surface area contributed by atoms with Crippen LogP contribution in [0.25, 0.3) is 5.48 Å². The van der Waals surface area contributed by atoms with Gasteiger partial charge in [0.15, 0.2) is 5.76 Å². The molecule has 16 heavy (non-hydrogen) atoms. The molecule has 1 saturated carbocycles. The normalized spacial score (nSPS) is 17.4. The third kappa shape index (κ3) is 6.59. The van der Waals surface area contributed by atoms with E-state index in [1.54, 1.807) is 18.2 Å². The molecule has 1 aliphatic carbocycles. The van der Waals surface area contributed by atoms with Crippen molar-refractivity contribution in [2.24, 2.45) is 0 Å². The first-order valence-electron chi connectivity index (χ1n) is 5.36. The summed E-state index contributed by atoms with van der Waals surface area (Å²) >= 11 is 0. The number of hydroxylamine groups is 1. The summed E-state index contributed by atoms with van der Waals surface area (Å²) in [7, 11) is 0. The van der Waals surface area contributed by atoms with Gasteiger partial charge in [-0.3, -0.25) is 4.99 Å². The minimum absolute atomic E-state index is 0. The van der Waals surface area contributed by atoms with E-state index >= 15 is 0 Å². The Balaban J connectivity index is 0.00000225. The van der Waals surface area contributed by atoms with Crippen molar-refractivity contribution in [3.8, 4) is 0 Å². The first-order chi connectivity index (χ1) is 7.36. The van der Waals surface area contributed by atoms with Crippen LogP contribution in [0.2, 0.25) is 0 Å². The van der Waals surface area contributed by atoms with Crippen molar-refractivity contribution in [3.63, 3.8) is 0 Å². The van der Waals surface area contributed by atoms with Gasteiger partial charge < -0.3 is 10.4 Å². The Kier molecular flexibility index (Phi) is 10.2. The first kappa shape index (κ1) is 16.0. The minimum Gasteiger partial charge on any atom is -0.486 e. The predicted molar refractivity (Wildman–Crippen MR) is 60.9 cm³/mol. The Morgan fingerprint density at radius 1 is 1.19 bits per heavy atom. The van der Waals surface area contributed by atoms with Gasteiger partial charge in [0.1, 0.15) is 0 Å². The molecule has 0 aromatic rings. The number of hydrogen-bond donors (Lipinski definition) is 0. The van der Waals surface area contributed by atoms with E-state index in [9.17, 15) is 0 Å². The molecule has 0 aromatic carbocycles. The molecule has 0 N–H and O–H groups in total. The Morgan fingerprint density at radius 2 is 1.88 bits per heavy atom. The second-order valence-electron chi connectivity index (χ2n) is 3.56. The molecule has 0 unspecified atom stereocenters. The van der Waals surface area contributed by atoms with Crippen molar-refractivity contribution < 1.29 is 42.6 Å². The molecule has 0 spiro atoms. The van der Waals surface area contributed by atoms with Crippen LogP contribution in [-0.2, 0) is 42.6 Å².